The summed E-state index contributed by atoms with van der Waals surface area (Å²) in [6, 6.07) is 3.86. The van der Waals surface area contributed by atoms with Crippen LogP contribution in [0.15, 0.2) is 35.2 Å². The molecule has 1 aliphatic heterocycles. The van der Waals surface area contributed by atoms with Crippen molar-refractivity contribution in [1.29, 1.82) is 0 Å². The minimum atomic E-state index is 0.117. The number of rotatable bonds is 3. The van der Waals surface area contributed by atoms with Crippen LogP contribution in [0.1, 0.15) is 18.1 Å². The van der Waals surface area contributed by atoms with Crippen LogP contribution < -0.4 is 4.90 Å². The molecule has 2 unspecified atom stereocenters. The summed E-state index contributed by atoms with van der Waals surface area (Å²) in [5, 5.41) is 0. The Labute approximate surface area is 129 Å². The van der Waals surface area contributed by atoms with Crippen molar-refractivity contribution in [3.63, 3.8) is 0 Å². The molecule has 0 N–H and O–H groups in total. The maximum atomic E-state index is 12.6. The van der Waals surface area contributed by atoms with Crippen LogP contribution in [-0.4, -0.2) is 46.5 Å². The summed E-state index contributed by atoms with van der Waals surface area (Å²) >= 11 is 0. The van der Waals surface area contributed by atoms with E-state index in [2.05, 4.69) is 9.88 Å². The van der Waals surface area contributed by atoms with E-state index in [4.69, 9.17) is 4.42 Å². The molecule has 4 rings (SSSR count). The monoisotopic (exact) mass is 300 g/mol. The molecule has 6 nitrogen and oxygen atoms in total. The van der Waals surface area contributed by atoms with E-state index in [9.17, 15) is 4.79 Å². The Balaban J connectivity index is 1.34. The molecule has 2 fully saturated rings. The van der Waals surface area contributed by atoms with Crippen molar-refractivity contribution in [1.82, 2.24) is 14.5 Å². The minimum absolute atomic E-state index is 0.117. The van der Waals surface area contributed by atoms with Gasteiger partial charge in [-0.1, -0.05) is 0 Å². The number of hydrogen-bond donors (Lipinski definition) is 0. The summed E-state index contributed by atoms with van der Waals surface area (Å²) in [6.45, 7) is 3.23. The molecule has 0 aromatic carbocycles. The normalized spacial score (nSPS) is 24.6. The van der Waals surface area contributed by atoms with Crippen molar-refractivity contribution in [2.24, 2.45) is 13.0 Å². The van der Waals surface area contributed by atoms with Gasteiger partial charge in [-0.2, -0.15) is 0 Å². The second kappa shape index (κ2) is 5.19. The van der Waals surface area contributed by atoms with Gasteiger partial charge in [-0.15, -0.1) is 0 Å². The third kappa shape index (κ3) is 2.28. The summed E-state index contributed by atoms with van der Waals surface area (Å²) in [7, 11) is 2.00. The topological polar surface area (TPSA) is 54.5 Å². The van der Waals surface area contributed by atoms with E-state index in [1.165, 1.54) is 0 Å². The molecule has 1 aliphatic carbocycles. The van der Waals surface area contributed by atoms with Crippen LogP contribution in [0.2, 0.25) is 0 Å². The molecule has 1 saturated carbocycles. The van der Waals surface area contributed by atoms with Gasteiger partial charge >= 0.3 is 0 Å². The molecule has 3 heterocycles. The predicted octanol–water partition coefficient (Wildman–Crippen LogP) is 1.47. The van der Waals surface area contributed by atoms with Crippen molar-refractivity contribution in [2.75, 3.05) is 31.1 Å². The first-order valence-electron chi connectivity index (χ1n) is 7.78. The van der Waals surface area contributed by atoms with Crippen molar-refractivity contribution in [3.8, 4) is 0 Å². The Morgan fingerprint density at radius 2 is 2.14 bits per heavy atom. The second-order valence-corrected chi connectivity index (χ2v) is 6.11. The summed E-state index contributed by atoms with van der Waals surface area (Å²) < 4.78 is 7.43. The zero-order valence-electron chi connectivity index (χ0n) is 12.7. The maximum Gasteiger partial charge on any atom is 0.226 e. The molecule has 6 heteroatoms. The highest BCUT2D eigenvalue weighted by Gasteiger charge is 2.47. The van der Waals surface area contributed by atoms with Crippen LogP contribution in [0.5, 0.6) is 0 Å². The van der Waals surface area contributed by atoms with Gasteiger partial charge in [0.2, 0.25) is 11.9 Å². The maximum absolute atomic E-state index is 12.6. The third-order valence-corrected chi connectivity index (χ3v) is 4.69. The highest BCUT2D eigenvalue weighted by Crippen LogP contribution is 2.48. The lowest BCUT2D eigenvalue weighted by molar-refractivity contribution is -0.133. The molecule has 22 heavy (non-hydrogen) atoms. The van der Waals surface area contributed by atoms with Crippen LogP contribution in [-0.2, 0) is 11.8 Å². The summed E-state index contributed by atoms with van der Waals surface area (Å²) in [5.74, 6) is 2.61. The van der Waals surface area contributed by atoms with Crippen molar-refractivity contribution >= 4 is 11.9 Å². The fourth-order valence-corrected chi connectivity index (χ4v) is 3.31. The molecule has 1 amide bonds. The van der Waals surface area contributed by atoms with Gasteiger partial charge < -0.3 is 18.8 Å². The number of nitrogens with zero attached hydrogens (tertiary/aromatic N) is 4. The van der Waals surface area contributed by atoms with Crippen LogP contribution >= 0.6 is 0 Å². The number of aromatic nitrogens is 2. The number of carbonyl (C=O) groups is 1. The van der Waals surface area contributed by atoms with Gasteiger partial charge in [-0.25, -0.2) is 4.98 Å². The lowest BCUT2D eigenvalue weighted by atomic mass is 10.2. The van der Waals surface area contributed by atoms with Crippen LogP contribution in [0, 0.1) is 5.92 Å². The fourth-order valence-electron chi connectivity index (χ4n) is 3.31. The Hall–Kier alpha value is -2.24. The Kier molecular flexibility index (Phi) is 3.17. The quantitative estimate of drug-likeness (QED) is 0.861. The number of piperazine rings is 1. The lowest BCUT2D eigenvalue weighted by Crippen LogP contribution is -2.50. The molecule has 0 radical (unpaired) electrons. The standard InChI is InChI=1S/C16H20N4O2/c1-18-5-4-17-16(18)20-8-6-19(7-9-20)15(21)13-11-12(13)14-3-2-10-22-14/h2-5,10,12-13H,6-9,11H2,1H3. The Morgan fingerprint density at radius 3 is 2.77 bits per heavy atom. The van der Waals surface area contributed by atoms with Gasteiger partial charge in [-0.3, -0.25) is 4.79 Å². The third-order valence-electron chi connectivity index (χ3n) is 4.69. The number of amides is 1. The molecule has 0 spiro atoms. The lowest BCUT2D eigenvalue weighted by Gasteiger charge is -2.35. The average Bonchev–Trinajstić information content (AvgIpc) is 2.95. The Bertz CT molecular complexity index is 656. The number of aryl methyl sites for hydroxylation is 1. The summed E-state index contributed by atoms with van der Waals surface area (Å²) in [5.41, 5.74) is 0. The minimum Gasteiger partial charge on any atom is -0.469 e. The number of imidazole rings is 1. The van der Waals surface area contributed by atoms with E-state index in [-0.39, 0.29) is 17.7 Å². The molecule has 2 aromatic heterocycles. The SMILES string of the molecule is Cn1ccnc1N1CCN(C(=O)C2CC2c2ccco2)CC1. The van der Waals surface area contributed by atoms with E-state index in [0.717, 1.165) is 44.3 Å². The highest BCUT2D eigenvalue weighted by molar-refractivity contribution is 5.83. The van der Waals surface area contributed by atoms with Gasteiger partial charge in [0, 0.05) is 57.5 Å². The van der Waals surface area contributed by atoms with Crippen molar-refractivity contribution in [2.45, 2.75) is 12.3 Å². The van der Waals surface area contributed by atoms with E-state index in [0.29, 0.717) is 0 Å². The van der Waals surface area contributed by atoms with E-state index >= 15 is 0 Å². The predicted molar refractivity (Wildman–Crippen MR) is 81.6 cm³/mol. The first-order valence-corrected chi connectivity index (χ1v) is 7.78. The van der Waals surface area contributed by atoms with Crippen LogP contribution in [0.3, 0.4) is 0 Å². The fraction of sp³-hybridized carbons (Fsp3) is 0.500. The molecule has 2 aliphatic rings. The zero-order valence-corrected chi connectivity index (χ0v) is 12.7. The molecular formula is C16H20N4O2. The van der Waals surface area contributed by atoms with Gasteiger partial charge in [0.25, 0.3) is 0 Å². The summed E-state index contributed by atoms with van der Waals surface area (Å²) in [4.78, 5) is 21.2. The van der Waals surface area contributed by atoms with Crippen molar-refractivity contribution < 1.29 is 9.21 Å². The van der Waals surface area contributed by atoms with E-state index in [1.807, 2.05) is 41.0 Å². The molecule has 2 atom stereocenters. The van der Waals surface area contributed by atoms with Gasteiger partial charge in [0.05, 0.1) is 6.26 Å². The average molecular weight is 300 g/mol. The number of carbonyl (C=O) groups excluding carboxylic acids is 1. The molecule has 1 saturated heterocycles. The molecule has 2 aromatic rings. The van der Waals surface area contributed by atoms with Crippen LogP contribution in [0.4, 0.5) is 5.95 Å². The second-order valence-electron chi connectivity index (χ2n) is 6.11. The van der Waals surface area contributed by atoms with Gasteiger partial charge in [-0.05, 0) is 18.6 Å². The molecule has 0 bridgehead atoms. The molecule has 116 valence electrons. The smallest absolute Gasteiger partial charge is 0.226 e. The number of furan rings is 1. The highest BCUT2D eigenvalue weighted by atomic mass is 16.3. The molecular weight excluding hydrogens is 280 g/mol. The first kappa shape index (κ1) is 13.4. The Morgan fingerprint density at radius 1 is 1.32 bits per heavy atom. The van der Waals surface area contributed by atoms with E-state index in [1.54, 1.807) is 6.26 Å². The van der Waals surface area contributed by atoms with Gasteiger partial charge in [0.1, 0.15) is 5.76 Å². The zero-order chi connectivity index (χ0) is 15.1. The van der Waals surface area contributed by atoms with E-state index < -0.39 is 0 Å². The number of anilines is 1. The first-order chi connectivity index (χ1) is 10.7. The van der Waals surface area contributed by atoms with Crippen LogP contribution in [0.25, 0.3) is 0 Å². The van der Waals surface area contributed by atoms with Crippen molar-refractivity contribution in [3.05, 3.63) is 36.5 Å². The largest absolute Gasteiger partial charge is 0.469 e. The van der Waals surface area contributed by atoms with Gasteiger partial charge in [0.15, 0.2) is 0 Å². The summed E-state index contributed by atoms with van der Waals surface area (Å²) in [6.07, 6.45) is 6.36. The number of hydrogen-bond acceptors (Lipinski definition) is 4.